The lowest BCUT2D eigenvalue weighted by Crippen LogP contribution is -2.38. The minimum absolute atomic E-state index is 0.0699. The zero-order valence-corrected chi connectivity index (χ0v) is 13.3. The van der Waals surface area contributed by atoms with Gasteiger partial charge in [0, 0.05) is 38.1 Å². The van der Waals surface area contributed by atoms with Gasteiger partial charge in [0.25, 0.3) is 0 Å². The summed E-state index contributed by atoms with van der Waals surface area (Å²) in [6, 6.07) is 2.22. The molecule has 21 heavy (non-hydrogen) atoms. The Bertz CT molecular complexity index is 607. The van der Waals surface area contributed by atoms with Gasteiger partial charge in [-0.05, 0) is 32.3 Å². The van der Waals surface area contributed by atoms with Gasteiger partial charge in [-0.2, -0.15) is 0 Å². The third kappa shape index (κ3) is 3.48. The van der Waals surface area contributed by atoms with E-state index in [-0.39, 0.29) is 12.1 Å². The summed E-state index contributed by atoms with van der Waals surface area (Å²) in [5.41, 5.74) is 0.984. The van der Waals surface area contributed by atoms with Gasteiger partial charge in [-0.3, -0.25) is 0 Å². The highest BCUT2D eigenvalue weighted by atomic mass is 32.2. The molecular weight excluding hydrogens is 290 g/mol. The molecule has 118 valence electrons. The molecule has 2 unspecified atom stereocenters. The van der Waals surface area contributed by atoms with E-state index < -0.39 is 10.0 Å². The maximum absolute atomic E-state index is 12.4. The van der Waals surface area contributed by atoms with Crippen molar-refractivity contribution < 1.29 is 13.2 Å². The number of hydrogen-bond donors (Lipinski definition) is 2. The first-order valence-corrected chi connectivity index (χ1v) is 8.96. The molecule has 3 rings (SSSR count). The van der Waals surface area contributed by atoms with E-state index in [4.69, 9.17) is 4.74 Å². The van der Waals surface area contributed by atoms with Crippen LogP contribution in [-0.2, 0) is 28.4 Å². The second kappa shape index (κ2) is 5.72. The first-order chi connectivity index (χ1) is 9.95. The van der Waals surface area contributed by atoms with Gasteiger partial charge in [0.15, 0.2) is 0 Å². The van der Waals surface area contributed by atoms with Crippen molar-refractivity contribution in [1.82, 2.24) is 14.6 Å². The number of nitrogens with one attached hydrogen (secondary N) is 2. The quantitative estimate of drug-likeness (QED) is 0.812. The topological polar surface area (TPSA) is 72.4 Å². The minimum atomic E-state index is -3.48. The summed E-state index contributed by atoms with van der Waals surface area (Å²) >= 11 is 0. The first kappa shape index (κ1) is 15.0. The zero-order valence-electron chi connectivity index (χ0n) is 12.5. The molecule has 2 aliphatic rings. The predicted octanol–water partition coefficient (Wildman–Crippen LogP) is 0.733. The van der Waals surface area contributed by atoms with Gasteiger partial charge in [-0.15, -0.1) is 0 Å². The number of nitrogens with zero attached hydrogens (tertiary/aromatic N) is 1. The second-order valence-electron chi connectivity index (χ2n) is 6.03. The number of hydrogen-bond acceptors (Lipinski definition) is 4. The van der Waals surface area contributed by atoms with Gasteiger partial charge in [0.1, 0.15) is 0 Å². The van der Waals surface area contributed by atoms with E-state index in [1.807, 2.05) is 18.5 Å². The van der Waals surface area contributed by atoms with Crippen LogP contribution in [0.3, 0.4) is 0 Å². The van der Waals surface area contributed by atoms with Gasteiger partial charge in [-0.1, -0.05) is 0 Å². The van der Waals surface area contributed by atoms with Gasteiger partial charge < -0.3 is 14.6 Å². The van der Waals surface area contributed by atoms with Crippen LogP contribution in [0, 0.1) is 0 Å². The number of aryl methyl sites for hydroxylation is 1. The highest BCUT2D eigenvalue weighted by Gasteiger charge is 2.30. The molecule has 7 heteroatoms. The van der Waals surface area contributed by atoms with Crippen LogP contribution < -0.4 is 10.0 Å². The Kier molecular flexibility index (Phi) is 4.09. The highest BCUT2D eigenvalue weighted by molar-refractivity contribution is 7.89. The normalized spacial score (nSPS) is 26.4. The number of ether oxygens (including phenoxy) is 1. The van der Waals surface area contributed by atoms with Crippen LogP contribution in [0.1, 0.15) is 31.9 Å². The van der Waals surface area contributed by atoms with Gasteiger partial charge in [0.2, 0.25) is 10.0 Å². The van der Waals surface area contributed by atoms with E-state index in [1.54, 1.807) is 12.3 Å². The molecule has 1 saturated carbocycles. The van der Waals surface area contributed by atoms with Crippen molar-refractivity contribution >= 4 is 10.0 Å². The average molecular weight is 313 g/mol. The Hall–Kier alpha value is -0.890. The monoisotopic (exact) mass is 313 g/mol. The summed E-state index contributed by atoms with van der Waals surface area (Å²) in [6.07, 6.45) is 4.77. The van der Waals surface area contributed by atoms with Crippen molar-refractivity contribution in [1.29, 1.82) is 0 Å². The molecule has 1 saturated heterocycles. The van der Waals surface area contributed by atoms with Crippen LogP contribution in [0.25, 0.3) is 0 Å². The summed E-state index contributed by atoms with van der Waals surface area (Å²) < 4.78 is 34.9. The van der Waals surface area contributed by atoms with E-state index in [2.05, 4.69) is 10.0 Å². The molecule has 2 N–H and O–H groups in total. The van der Waals surface area contributed by atoms with Crippen molar-refractivity contribution in [2.24, 2.45) is 7.05 Å². The van der Waals surface area contributed by atoms with Crippen LogP contribution in [0.4, 0.5) is 0 Å². The zero-order chi connectivity index (χ0) is 15.0. The molecule has 1 aliphatic carbocycles. The number of sulfonamides is 1. The summed E-state index contributed by atoms with van der Waals surface area (Å²) in [7, 11) is -1.60. The first-order valence-electron chi connectivity index (χ1n) is 7.48. The fraction of sp³-hybridized carbons (Fsp3) is 0.714. The lowest BCUT2D eigenvalue weighted by molar-refractivity contribution is 0.117. The van der Waals surface area contributed by atoms with Crippen LogP contribution in [0.5, 0.6) is 0 Å². The van der Waals surface area contributed by atoms with E-state index in [9.17, 15) is 8.42 Å². The third-order valence-electron chi connectivity index (χ3n) is 4.23. The van der Waals surface area contributed by atoms with Gasteiger partial charge in [-0.25, -0.2) is 13.1 Å². The van der Waals surface area contributed by atoms with Crippen LogP contribution in [-0.4, -0.2) is 37.8 Å². The standard InChI is InChI=1S/C14H23N3O3S/c1-10-14(5-6-20-10)16-21(18,19)13-7-12(17(2)9-13)8-15-11-3-4-11/h7,9-11,14-16H,3-6,8H2,1-2H3. The Morgan fingerprint density at radius 3 is 2.76 bits per heavy atom. The Labute approximate surface area is 125 Å². The molecule has 6 nitrogen and oxygen atoms in total. The number of aromatic nitrogens is 1. The lowest BCUT2D eigenvalue weighted by atomic mass is 10.2. The van der Waals surface area contributed by atoms with Crippen LogP contribution >= 0.6 is 0 Å². The van der Waals surface area contributed by atoms with Crippen molar-refractivity contribution in [3.05, 3.63) is 18.0 Å². The Morgan fingerprint density at radius 1 is 1.38 bits per heavy atom. The fourth-order valence-corrected chi connectivity index (χ4v) is 4.02. The summed E-state index contributed by atoms with van der Waals surface area (Å²) in [6.45, 7) is 3.22. The van der Waals surface area contributed by atoms with Crippen molar-refractivity contribution in [2.75, 3.05) is 6.61 Å². The predicted molar refractivity (Wildman–Crippen MR) is 79.4 cm³/mol. The molecule has 2 fully saturated rings. The second-order valence-corrected chi connectivity index (χ2v) is 7.74. The van der Waals surface area contributed by atoms with E-state index in [0.717, 1.165) is 12.1 Å². The summed E-state index contributed by atoms with van der Waals surface area (Å²) in [5, 5.41) is 3.40. The summed E-state index contributed by atoms with van der Waals surface area (Å²) in [4.78, 5) is 0.330. The molecule has 0 bridgehead atoms. The van der Waals surface area contributed by atoms with Gasteiger partial charge in [0.05, 0.1) is 17.0 Å². The van der Waals surface area contributed by atoms with Crippen molar-refractivity contribution in [3.8, 4) is 0 Å². The molecule has 1 aromatic heterocycles. The lowest BCUT2D eigenvalue weighted by Gasteiger charge is -2.15. The highest BCUT2D eigenvalue weighted by Crippen LogP contribution is 2.21. The molecule has 0 radical (unpaired) electrons. The van der Waals surface area contributed by atoms with Gasteiger partial charge >= 0.3 is 0 Å². The fourth-order valence-electron chi connectivity index (χ4n) is 2.59. The van der Waals surface area contributed by atoms with Crippen molar-refractivity contribution in [3.63, 3.8) is 0 Å². The minimum Gasteiger partial charge on any atom is -0.377 e. The number of rotatable bonds is 6. The summed E-state index contributed by atoms with van der Waals surface area (Å²) in [5.74, 6) is 0. The molecule has 0 amide bonds. The maximum atomic E-state index is 12.4. The average Bonchev–Trinajstić information content (AvgIpc) is 3.06. The third-order valence-corrected chi connectivity index (χ3v) is 5.68. The van der Waals surface area contributed by atoms with E-state index in [0.29, 0.717) is 24.1 Å². The molecule has 2 atom stereocenters. The van der Waals surface area contributed by atoms with Crippen molar-refractivity contribution in [2.45, 2.75) is 55.8 Å². The Morgan fingerprint density at radius 2 is 2.14 bits per heavy atom. The molecule has 0 aromatic carbocycles. The van der Waals surface area contributed by atoms with Crippen LogP contribution in [0.15, 0.2) is 17.2 Å². The Balaban J connectivity index is 1.70. The smallest absolute Gasteiger partial charge is 0.242 e. The molecule has 2 heterocycles. The molecule has 1 aromatic rings. The molecular formula is C14H23N3O3S. The SMILES string of the molecule is CC1OCCC1NS(=O)(=O)c1cc(CNC2CC2)n(C)c1. The molecule has 1 aliphatic heterocycles. The maximum Gasteiger partial charge on any atom is 0.242 e. The largest absolute Gasteiger partial charge is 0.377 e. The van der Waals surface area contributed by atoms with Crippen LogP contribution in [0.2, 0.25) is 0 Å². The molecule has 0 spiro atoms. The van der Waals surface area contributed by atoms with E-state index in [1.165, 1.54) is 12.8 Å². The van der Waals surface area contributed by atoms with E-state index >= 15 is 0 Å².